The molecule has 0 radical (unpaired) electrons. The van der Waals surface area contributed by atoms with E-state index in [-0.39, 0.29) is 60.3 Å². The normalized spacial score (nSPS) is 22.9. The number of ether oxygens (including phenoxy) is 4. The van der Waals surface area contributed by atoms with E-state index in [0.29, 0.717) is 26.4 Å². The number of carbonyl (C=O) groups excluding carboxylic acids is 2. The van der Waals surface area contributed by atoms with Gasteiger partial charge in [-0.05, 0) is 48.5 Å². The molecule has 1 aliphatic carbocycles. The third kappa shape index (κ3) is 7.01. The van der Waals surface area contributed by atoms with E-state index in [1.165, 1.54) is 57.1 Å². The fraction of sp³-hybridized carbons (Fsp3) is 0.481. The average Bonchev–Trinajstić information content (AvgIpc) is 3.57. The molecule has 43 heavy (non-hydrogen) atoms. The zero-order valence-corrected chi connectivity index (χ0v) is 26.0. The van der Waals surface area contributed by atoms with Crippen LogP contribution < -0.4 is 0 Å². The summed E-state index contributed by atoms with van der Waals surface area (Å²) in [4.78, 5) is 25.3. The first-order chi connectivity index (χ1) is 20.4. The Morgan fingerprint density at radius 2 is 1.00 bits per heavy atom. The Balaban J connectivity index is 1.10. The van der Waals surface area contributed by atoms with Crippen molar-refractivity contribution >= 4 is 55.2 Å². The number of alkyl halides is 2. The molecule has 3 fully saturated rings. The number of morpholine rings is 2. The van der Waals surface area contributed by atoms with Gasteiger partial charge in [0.15, 0.2) is 0 Å². The first-order valence-electron chi connectivity index (χ1n) is 13.5. The minimum absolute atomic E-state index is 0.0592. The summed E-state index contributed by atoms with van der Waals surface area (Å²) in [5, 5.41) is 0. The van der Waals surface area contributed by atoms with Gasteiger partial charge in [-0.3, -0.25) is 0 Å². The Hall–Kier alpha value is -2.30. The van der Waals surface area contributed by atoms with Gasteiger partial charge in [-0.1, -0.05) is 0 Å². The zero-order valence-electron chi connectivity index (χ0n) is 22.9. The van der Waals surface area contributed by atoms with Gasteiger partial charge < -0.3 is 18.9 Å². The maximum Gasteiger partial charge on any atom is 0.338 e. The molecule has 234 valence electrons. The van der Waals surface area contributed by atoms with Crippen LogP contribution in [0.15, 0.2) is 58.3 Å². The molecule has 16 heteroatoms. The van der Waals surface area contributed by atoms with E-state index in [1.54, 1.807) is 0 Å². The van der Waals surface area contributed by atoms with Gasteiger partial charge in [0.2, 0.25) is 20.0 Å². The van der Waals surface area contributed by atoms with Gasteiger partial charge in [0.1, 0.15) is 4.33 Å². The molecule has 2 atom stereocenters. The molecular formula is C27H30Cl2N2O10S2. The highest BCUT2D eigenvalue weighted by molar-refractivity contribution is 7.89. The Morgan fingerprint density at radius 1 is 0.674 bits per heavy atom. The molecule has 2 aliphatic heterocycles. The number of rotatable bonds is 10. The number of sulfonamides is 2. The summed E-state index contributed by atoms with van der Waals surface area (Å²) >= 11 is 12.7. The third-order valence-electron chi connectivity index (χ3n) is 7.55. The van der Waals surface area contributed by atoms with Gasteiger partial charge in [0, 0.05) is 38.0 Å². The van der Waals surface area contributed by atoms with Crippen LogP contribution in [0.4, 0.5) is 0 Å². The van der Waals surface area contributed by atoms with Gasteiger partial charge in [0.25, 0.3) is 0 Å². The Kier molecular flexibility index (Phi) is 9.69. The largest absolute Gasteiger partial charge is 0.462 e. The van der Waals surface area contributed by atoms with Crippen molar-refractivity contribution in [2.75, 3.05) is 65.8 Å². The first-order valence-corrected chi connectivity index (χ1v) is 17.1. The second-order valence-electron chi connectivity index (χ2n) is 10.2. The molecule has 2 aromatic rings. The molecule has 1 saturated carbocycles. The second-order valence-corrected chi connectivity index (χ2v) is 15.5. The highest BCUT2D eigenvalue weighted by Crippen LogP contribution is 2.59. The molecule has 2 heterocycles. The van der Waals surface area contributed by atoms with E-state index >= 15 is 0 Å². The topological polar surface area (TPSA) is 146 Å². The lowest BCUT2D eigenvalue weighted by molar-refractivity contribution is 0.0419. The van der Waals surface area contributed by atoms with E-state index in [0.717, 1.165) is 0 Å². The van der Waals surface area contributed by atoms with Crippen molar-refractivity contribution in [2.45, 2.75) is 14.1 Å². The highest BCUT2D eigenvalue weighted by Gasteiger charge is 2.64. The molecule has 3 aliphatic rings. The summed E-state index contributed by atoms with van der Waals surface area (Å²) < 4.78 is 73.6. The molecule has 0 aromatic heterocycles. The van der Waals surface area contributed by atoms with Crippen molar-refractivity contribution in [1.82, 2.24) is 8.61 Å². The minimum Gasteiger partial charge on any atom is -0.462 e. The molecule has 0 spiro atoms. The summed E-state index contributed by atoms with van der Waals surface area (Å²) in [6, 6.07) is 10.9. The maximum absolute atomic E-state index is 12.8. The minimum atomic E-state index is -3.70. The number of benzene rings is 2. The lowest BCUT2D eigenvalue weighted by Gasteiger charge is -2.26. The molecule has 0 N–H and O–H groups in total. The molecule has 0 bridgehead atoms. The summed E-state index contributed by atoms with van der Waals surface area (Å²) in [6.45, 7) is 2.04. The Labute approximate surface area is 259 Å². The molecule has 0 unspecified atom stereocenters. The van der Waals surface area contributed by atoms with Crippen LogP contribution in [0.1, 0.15) is 20.7 Å². The van der Waals surface area contributed by atoms with Crippen LogP contribution in [0, 0.1) is 11.8 Å². The fourth-order valence-electron chi connectivity index (χ4n) is 4.81. The third-order valence-corrected chi connectivity index (χ3v) is 12.5. The SMILES string of the molecule is O=C(OC[C@@H]1[C@@H](COC(=O)c2ccc(S(=O)(=O)N3CCOCC3)cc2)C1(Cl)Cl)c1ccc(S(=O)(=O)N2CCOCC2)cc1. The lowest BCUT2D eigenvalue weighted by Crippen LogP contribution is -2.40. The van der Waals surface area contributed by atoms with E-state index in [9.17, 15) is 26.4 Å². The second kappa shape index (κ2) is 13.0. The standard InChI is InChI=1S/C27H30Cl2N2O10S2/c28-27(29)23(17-40-25(32)19-1-5-21(6-2-19)42(34,35)30-9-13-38-14-10-30)24(27)18-41-26(33)20-3-7-22(8-4-20)43(36,37)31-11-15-39-16-12-31/h1-8,23-24H,9-18H2/t23-,24-/m1/s1. The van der Waals surface area contributed by atoms with Crippen LogP contribution in [0.25, 0.3) is 0 Å². The smallest absolute Gasteiger partial charge is 0.338 e. The summed E-state index contributed by atoms with van der Waals surface area (Å²) in [7, 11) is -7.40. The van der Waals surface area contributed by atoms with Gasteiger partial charge in [0.05, 0.1) is 60.6 Å². The molecule has 12 nitrogen and oxygen atoms in total. The number of esters is 2. The molecule has 0 amide bonds. The van der Waals surface area contributed by atoms with Gasteiger partial charge in [-0.25, -0.2) is 26.4 Å². The monoisotopic (exact) mass is 676 g/mol. The molecular weight excluding hydrogens is 647 g/mol. The van der Waals surface area contributed by atoms with Crippen molar-refractivity contribution in [3.05, 3.63) is 59.7 Å². The number of nitrogens with zero attached hydrogens (tertiary/aromatic N) is 2. The van der Waals surface area contributed by atoms with Crippen LogP contribution in [-0.4, -0.2) is 108 Å². The number of carbonyl (C=O) groups is 2. The van der Waals surface area contributed by atoms with Gasteiger partial charge in [-0.15, -0.1) is 23.2 Å². The number of halogens is 2. The van der Waals surface area contributed by atoms with E-state index in [2.05, 4.69) is 0 Å². The van der Waals surface area contributed by atoms with Crippen molar-refractivity contribution in [1.29, 1.82) is 0 Å². The number of hydrogen-bond donors (Lipinski definition) is 0. The van der Waals surface area contributed by atoms with Crippen LogP contribution in [0.2, 0.25) is 0 Å². The highest BCUT2D eigenvalue weighted by atomic mass is 35.5. The van der Waals surface area contributed by atoms with Gasteiger partial charge >= 0.3 is 11.9 Å². The van der Waals surface area contributed by atoms with Crippen LogP contribution >= 0.6 is 23.2 Å². The summed E-state index contributed by atoms with van der Waals surface area (Å²) in [5.41, 5.74) is 0.303. The maximum atomic E-state index is 12.8. The van der Waals surface area contributed by atoms with Gasteiger partial charge in [-0.2, -0.15) is 8.61 Å². The first kappa shape index (κ1) is 32.1. The van der Waals surface area contributed by atoms with Crippen molar-refractivity contribution < 1.29 is 45.4 Å². The molecule has 5 rings (SSSR count). The van der Waals surface area contributed by atoms with Crippen molar-refractivity contribution in [3.63, 3.8) is 0 Å². The average molecular weight is 678 g/mol. The molecule has 2 aromatic carbocycles. The Morgan fingerprint density at radius 3 is 1.33 bits per heavy atom. The zero-order chi connectivity index (χ0) is 30.8. The van der Waals surface area contributed by atoms with Crippen LogP contribution in [0.5, 0.6) is 0 Å². The quantitative estimate of drug-likeness (QED) is 0.271. The van der Waals surface area contributed by atoms with E-state index in [1.807, 2.05) is 0 Å². The predicted molar refractivity (Wildman–Crippen MR) is 154 cm³/mol. The fourth-order valence-corrected chi connectivity index (χ4v) is 8.36. The van der Waals surface area contributed by atoms with Crippen LogP contribution in [-0.2, 0) is 39.0 Å². The van der Waals surface area contributed by atoms with E-state index < -0.39 is 48.2 Å². The van der Waals surface area contributed by atoms with Crippen LogP contribution in [0.3, 0.4) is 0 Å². The summed E-state index contributed by atoms with van der Waals surface area (Å²) in [5.74, 6) is -2.38. The number of hydrogen-bond acceptors (Lipinski definition) is 10. The van der Waals surface area contributed by atoms with Crippen molar-refractivity contribution in [3.8, 4) is 0 Å². The van der Waals surface area contributed by atoms with E-state index in [4.69, 9.17) is 42.1 Å². The Bertz CT molecular complexity index is 1420. The summed E-state index contributed by atoms with van der Waals surface area (Å²) in [6.07, 6.45) is 0. The van der Waals surface area contributed by atoms with Crippen molar-refractivity contribution in [2.24, 2.45) is 11.8 Å². The molecule has 2 saturated heterocycles. The predicted octanol–water partition coefficient (Wildman–Crippen LogP) is 2.16. The lowest BCUT2D eigenvalue weighted by atomic mass is 10.2.